The summed E-state index contributed by atoms with van der Waals surface area (Å²) in [5.74, 6) is -2.64. The highest BCUT2D eigenvalue weighted by molar-refractivity contribution is 6.35. The summed E-state index contributed by atoms with van der Waals surface area (Å²) in [4.78, 5) is 54.2. The van der Waals surface area contributed by atoms with Crippen molar-refractivity contribution in [3.05, 3.63) is 63.6 Å². The Hall–Kier alpha value is -3.81. The van der Waals surface area contributed by atoms with Crippen molar-refractivity contribution >= 4 is 52.9 Å². The fourth-order valence-electron chi connectivity index (χ4n) is 4.56. The molecule has 35 heavy (non-hydrogen) atoms. The number of nitriles is 1. The van der Waals surface area contributed by atoms with Crippen LogP contribution in [-0.4, -0.2) is 71.2 Å². The number of hydrogen-bond acceptors (Lipinski definition) is 6. The van der Waals surface area contributed by atoms with Crippen LogP contribution in [0.5, 0.6) is 0 Å². The second-order valence-corrected chi connectivity index (χ2v) is 9.02. The molecule has 2 aromatic carbocycles. The number of halogens is 2. The SMILES string of the molecule is CN1C(=O)N(c2cc(Cl)cc(Cl)c2)C(=O)C12CN(C(=O)OCC(=O)O)CC2c1ccc(C#N)cc1. The predicted octanol–water partition coefficient (Wildman–Crippen LogP) is 3.32. The number of likely N-dealkylation sites (N-methyl/N-ethyl adjacent to an activating group) is 1. The van der Waals surface area contributed by atoms with E-state index in [4.69, 9.17) is 38.3 Å². The van der Waals surface area contributed by atoms with Gasteiger partial charge in [0, 0.05) is 29.6 Å². The van der Waals surface area contributed by atoms with Gasteiger partial charge in [-0.15, -0.1) is 0 Å². The zero-order valence-electron chi connectivity index (χ0n) is 18.3. The lowest BCUT2D eigenvalue weighted by molar-refractivity contribution is -0.140. The van der Waals surface area contributed by atoms with Crippen molar-refractivity contribution < 1.29 is 29.0 Å². The van der Waals surface area contributed by atoms with Gasteiger partial charge in [0.1, 0.15) is 5.54 Å². The van der Waals surface area contributed by atoms with E-state index in [0.717, 1.165) is 4.90 Å². The molecule has 1 spiro atoms. The van der Waals surface area contributed by atoms with Crippen molar-refractivity contribution in [1.29, 1.82) is 5.26 Å². The number of aliphatic carboxylic acids is 1. The highest BCUT2D eigenvalue weighted by Crippen LogP contribution is 2.46. The van der Waals surface area contributed by atoms with E-state index in [0.29, 0.717) is 11.1 Å². The maximum absolute atomic E-state index is 14.0. The van der Waals surface area contributed by atoms with Crippen molar-refractivity contribution in [3.8, 4) is 6.07 Å². The average molecular weight is 517 g/mol. The largest absolute Gasteiger partial charge is 0.479 e. The summed E-state index contributed by atoms with van der Waals surface area (Å²) in [6, 6.07) is 12.2. The van der Waals surface area contributed by atoms with Crippen LogP contribution in [0.15, 0.2) is 42.5 Å². The first-order chi connectivity index (χ1) is 16.6. The first kappa shape index (κ1) is 24.3. The Kier molecular flexibility index (Phi) is 6.32. The number of benzene rings is 2. The second-order valence-electron chi connectivity index (χ2n) is 8.15. The lowest BCUT2D eigenvalue weighted by atomic mass is 9.80. The molecule has 2 fully saturated rings. The fourth-order valence-corrected chi connectivity index (χ4v) is 5.07. The van der Waals surface area contributed by atoms with Crippen LogP contribution in [0.2, 0.25) is 10.0 Å². The minimum atomic E-state index is -1.53. The highest BCUT2D eigenvalue weighted by Gasteiger charge is 2.65. The van der Waals surface area contributed by atoms with E-state index in [-0.39, 0.29) is 28.8 Å². The molecule has 0 aliphatic carbocycles. The standard InChI is InChI=1S/C23H18Cl2N4O6/c1-27-21(33)29(17-7-15(24)6-16(25)8-17)20(32)23(27)12-28(22(34)35-11-19(30)31)10-18(23)14-4-2-13(9-26)3-5-14/h2-8,18H,10-12H2,1H3,(H,30,31). The molecule has 2 aromatic rings. The smallest absolute Gasteiger partial charge is 0.410 e. The van der Waals surface area contributed by atoms with E-state index in [1.165, 1.54) is 35.0 Å². The van der Waals surface area contributed by atoms with Gasteiger partial charge in [0.05, 0.1) is 23.9 Å². The maximum atomic E-state index is 14.0. The Bertz CT molecular complexity index is 1260. The third kappa shape index (κ3) is 4.13. The van der Waals surface area contributed by atoms with Crippen molar-refractivity contribution in [2.45, 2.75) is 11.5 Å². The van der Waals surface area contributed by atoms with Crippen molar-refractivity contribution in [3.63, 3.8) is 0 Å². The van der Waals surface area contributed by atoms with E-state index in [1.54, 1.807) is 24.3 Å². The molecule has 2 aliphatic rings. The fraction of sp³-hybridized carbons (Fsp3) is 0.261. The van der Waals surface area contributed by atoms with Gasteiger partial charge in [-0.2, -0.15) is 5.26 Å². The molecule has 4 rings (SSSR count). The van der Waals surface area contributed by atoms with Crippen LogP contribution in [0.1, 0.15) is 17.0 Å². The van der Waals surface area contributed by atoms with Gasteiger partial charge in [-0.25, -0.2) is 19.3 Å². The molecule has 0 saturated carbocycles. The molecule has 2 saturated heterocycles. The minimum Gasteiger partial charge on any atom is -0.479 e. The minimum absolute atomic E-state index is 0.0299. The number of carbonyl (C=O) groups excluding carboxylic acids is 3. The predicted molar refractivity (Wildman–Crippen MR) is 124 cm³/mol. The lowest BCUT2D eigenvalue weighted by Crippen LogP contribution is -2.54. The topological polar surface area (TPSA) is 131 Å². The average Bonchev–Trinajstić information content (AvgIpc) is 3.30. The lowest BCUT2D eigenvalue weighted by Gasteiger charge is -2.33. The van der Waals surface area contributed by atoms with Crippen LogP contribution in [-0.2, 0) is 14.3 Å². The molecule has 0 radical (unpaired) electrons. The Balaban J connectivity index is 1.79. The molecule has 0 bridgehead atoms. The van der Waals surface area contributed by atoms with Crippen molar-refractivity contribution in [2.24, 2.45) is 0 Å². The number of carboxylic acid groups (broad SMARTS) is 1. The Labute approximate surface area is 209 Å². The quantitative estimate of drug-likeness (QED) is 0.616. The zero-order valence-corrected chi connectivity index (χ0v) is 19.8. The second kappa shape index (κ2) is 9.09. The van der Waals surface area contributed by atoms with E-state index in [9.17, 15) is 19.2 Å². The van der Waals surface area contributed by atoms with Crippen molar-refractivity contribution in [1.82, 2.24) is 9.80 Å². The van der Waals surface area contributed by atoms with Crippen LogP contribution in [0, 0.1) is 11.3 Å². The number of amides is 4. The Morgan fingerprint density at radius 1 is 1.17 bits per heavy atom. The molecule has 2 atom stereocenters. The third-order valence-electron chi connectivity index (χ3n) is 6.19. The number of nitrogens with zero attached hydrogens (tertiary/aromatic N) is 4. The van der Waals surface area contributed by atoms with Crippen LogP contribution in [0.25, 0.3) is 0 Å². The van der Waals surface area contributed by atoms with Crippen LogP contribution in [0.3, 0.4) is 0 Å². The molecule has 180 valence electrons. The van der Waals surface area contributed by atoms with E-state index < -0.39 is 42.1 Å². The number of carboxylic acids is 1. The maximum Gasteiger partial charge on any atom is 0.410 e. The normalized spacial score (nSPS) is 21.5. The molecule has 2 heterocycles. The number of urea groups is 1. The van der Waals surface area contributed by atoms with Gasteiger partial charge in [0.15, 0.2) is 6.61 Å². The van der Waals surface area contributed by atoms with E-state index >= 15 is 0 Å². The molecule has 2 unspecified atom stereocenters. The van der Waals surface area contributed by atoms with Crippen LogP contribution < -0.4 is 4.90 Å². The molecular formula is C23H18Cl2N4O6. The summed E-state index contributed by atoms with van der Waals surface area (Å²) in [7, 11) is 1.45. The monoisotopic (exact) mass is 516 g/mol. The van der Waals surface area contributed by atoms with E-state index in [1.807, 2.05) is 6.07 Å². The summed E-state index contributed by atoms with van der Waals surface area (Å²) < 4.78 is 4.83. The van der Waals surface area contributed by atoms with Gasteiger partial charge in [0.25, 0.3) is 5.91 Å². The highest BCUT2D eigenvalue weighted by atomic mass is 35.5. The Morgan fingerprint density at radius 3 is 2.37 bits per heavy atom. The summed E-state index contributed by atoms with van der Waals surface area (Å²) >= 11 is 12.2. The molecular weight excluding hydrogens is 499 g/mol. The van der Waals surface area contributed by atoms with E-state index in [2.05, 4.69) is 0 Å². The summed E-state index contributed by atoms with van der Waals surface area (Å²) in [5.41, 5.74) is -0.346. The van der Waals surface area contributed by atoms with Crippen LogP contribution in [0.4, 0.5) is 15.3 Å². The Morgan fingerprint density at radius 2 is 1.80 bits per heavy atom. The molecule has 1 N–H and O–H groups in total. The number of rotatable bonds is 4. The molecule has 0 aromatic heterocycles. The first-order valence-corrected chi connectivity index (χ1v) is 11.1. The van der Waals surface area contributed by atoms with Gasteiger partial charge in [-0.1, -0.05) is 35.3 Å². The number of hydrogen-bond donors (Lipinski definition) is 1. The number of likely N-dealkylation sites (tertiary alicyclic amines) is 1. The first-order valence-electron chi connectivity index (χ1n) is 10.3. The van der Waals surface area contributed by atoms with Gasteiger partial charge in [-0.3, -0.25) is 4.79 Å². The zero-order chi connectivity index (χ0) is 25.5. The number of imide groups is 1. The van der Waals surface area contributed by atoms with Gasteiger partial charge in [-0.05, 0) is 35.9 Å². The summed E-state index contributed by atoms with van der Waals surface area (Å²) in [6.07, 6.45) is -0.930. The molecule has 2 aliphatic heterocycles. The van der Waals surface area contributed by atoms with Gasteiger partial charge >= 0.3 is 18.1 Å². The summed E-state index contributed by atoms with van der Waals surface area (Å²) in [6.45, 7) is -1.11. The number of anilines is 1. The molecule has 12 heteroatoms. The third-order valence-corrected chi connectivity index (χ3v) is 6.62. The number of carbonyl (C=O) groups is 4. The van der Waals surface area contributed by atoms with Crippen LogP contribution >= 0.6 is 23.2 Å². The van der Waals surface area contributed by atoms with Gasteiger partial charge < -0.3 is 19.6 Å². The molecule has 10 nitrogen and oxygen atoms in total. The van der Waals surface area contributed by atoms with Gasteiger partial charge in [0.2, 0.25) is 0 Å². The van der Waals surface area contributed by atoms with Crippen molar-refractivity contribution in [2.75, 3.05) is 31.6 Å². The summed E-state index contributed by atoms with van der Waals surface area (Å²) in [5, 5.41) is 18.5. The number of ether oxygens (including phenoxy) is 1. The molecule has 4 amide bonds.